The van der Waals surface area contributed by atoms with Gasteiger partial charge in [-0.15, -0.1) is 12.4 Å². The fourth-order valence-corrected chi connectivity index (χ4v) is 3.74. The van der Waals surface area contributed by atoms with E-state index in [4.69, 9.17) is 4.74 Å². The van der Waals surface area contributed by atoms with Gasteiger partial charge >= 0.3 is 0 Å². The second-order valence-corrected chi connectivity index (χ2v) is 5.96. The van der Waals surface area contributed by atoms with Gasteiger partial charge in [0.1, 0.15) is 11.4 Å². The van der Waals surface area contributed by atoms with Gasteiger partial charge in [-0.2, -0.15) is 0 Å². The highest BCUT2D eigenvalue weighted by Gasteiger charge is 2.51. The zero-order valence-electron chi connectivity index (χ0n) is 12.2. The first-order chi connectivity index (χ1) is 9.79. The van der Waals surface area contributed by atoms with Crippen LogP contribution in [0.1, 0.15) is 23.5 Å². The maximum Gasteiger partial charge on any atom is 0.143 e. The molecule has 0 radical (unpaired) electrons. The first-order valence-corrected chi connectivity index (χ1v) is 7.32. The molecule has 0 amide bonds. The lowest BCUT2D eigenvalue weighted by Crippen LogP contribution is -2.47. The lowest BCUT2D eigenvalue weighted by atomic mass is 9.74. The highest BCUT2D eigenvalue weighted by Crippen LogP contribution is 2.53. The van der Waals surface area contributed by atoms with Gasteiger partial charge in [0.2, 0.25) is 0 Å². The molecule has 21 heavy (non-hydrogen) atoms. The fraction of sp³-hybridized carbons (Fsp3) is 0.333. The molecule has 0 spiro atoms. The summed E-state index contributed by atoms with van der Waals surface area (Å²) in [6, 6.07) is 19.3. The van der Waals surface area contributed by atoms with E-state index in [0.717, 1.165) is 25.3 Å². The fourth-order valence-electron chi connectivity index (χ4n) is 3.74. The van der Waals surface area contributed by atoms with Crippen LogP contribution in [0, 0.1) is 0 Å². The van der Waals surface area contributed by atoms with Crippen LogP contribution < -0.4 is 4.74 Å². The Labute approximate surface area is 132 Å². The summed E-state index contributed by atoms with van der Waals surface area (Å²) in [5.41, 5.74) is 2.51. The van der Waals surface area contributed by atoms with Crippen molar-refractivity contribution in [3.05, 3.63) is 65.7 Å². The second kappa shape index (κ2) is 5.36. The van der Waals surface area contributed by atoms with Gasteiger partial charge in [-0.05, 0) is 18.7 Å². The van der Waals surface area contributed by atoms with Crippen LogP contribution >= 0.6 is 12.4 Å². The number of benzene rings is 2. The Morgan fingerprint density at radius 3 is 2.57 bits per heavy atom. The number of fused-ring (bicyclic) bond motifs is 3. The first kappa shape index (κ1) is 14.4. The van der Waals surface area contributed by atoms with Crippen LogP contribution in [0.5, 0.6) is 5.75 Å². The maximum absolute atomic E-state index is 6.51. The van der Waals surface area contributed by atoms with E-state index in [1.54, 1.807) is 0 Å². The molecule has 1 fully saturated rings. The molecule has 2 heterocycles. The standard InChI is InChI=1S/C18H19NO.ClH/c1-19-12-11-18(14-7-3-2-4-8-14)16(13-19)15-9-5-6-10-17(15)20-18;/h2-10,16H,11-13H2,1H3;1H/t16-,18+;/m1./s1. The summed E-state index contributed by atoms with van der Waals surface area (Å²) in [6.07, 6.45) is 1.05. The number of ether oxygens (including phenoxy) is 1. The molecule has 2 nitrogen and oxygen atoms in total. The molecule has 0 unspecified atom stereocenters. The van der Waals surface area contributed by atoms with E-state index in [9.17, 15) is 0 Å². The third-order valence-corrected chi connectivity index (χ3v) is 4.77. The van der Waals surface area contributed by atoms with Gasteiger partial charge in [0.15, 0.2) is 0 Å². The molecule has 0 N–H and O–H groups in total. The van der Waals surface area contributed by atoms with Crippen molar-refractivity contribution in [2.45, 2.75) is 17.9 Å². The van der Waals surface area contributed by atoms with Crippen molar-refractivity contribution in [1.82, 2.24) is 4.90 Å². The lowest BCUT2D eigenvalue weighted by Gasteiger charge is -2.42. The topological polar surface area (TPSA) is 12.5 Å². The minimum atomic E-state index is -0.169. The molecule has 0 bridgehead atoms. The number of rotatable bonds is 1. The van der Waals surface area contributed by atoms with Crippen molar-refractivity contribution < 1.29 is 4.74 Å². The van der Waals surface area contributed by atoms with Crippen LogP contribution in [0.2, 0.25) is 0 Å². The highest BCUT2D eigenvalue weighted by atomic mass is 35.5. The van der Waals surface area contributed by atoms with E-state index >= 15 is 0 Å². The average Bonchev–Trinajstić information content (AvgIpc) is 2.83. The summed E-state index contributed by atoms with van der Waals surface area (Å²) in [5.74, 6) is 1.50. The monoisotopic (exact) mass is 301 g/mol. The summed E-state index contributed by atoms with van der Waals surface area (Å²) in [5, 5.41) is 0. The zero-order chi connectivity index (χ0) is 13.6. The van der Waals surface area contributed by atoms with Crippen molar-refractivity contribution in [2.75, 3.05) is 20.1 Å². The quantitative estimate of drug-likeness (QED) is 0.794. The number of likely N-dealkylation sites (N-methyl/N-ethyl adjacent to an activating group) is 1. The number of halogens is 1. The van der Waals surface area contributed by atoms with Gasteiger partial charge in [0.25, 0.3) is 0 Å². The molecule has 4 rings (SSSR count). The van der Waals surface area contributed by atoms with Crippen LogP contribution in [-0.2, 0) is 5.60 Å². The van der Waals surface area contributed by atoms with Crippen LogP contribution in [0.4, 0.5) is 0 Å². The predicted molar refractivity (Wildman–Crippen MR) is 87.3 cm³/mol. The average molecular weight is 302 g/mol. The van der Waals surface area contributed by atoms with Gasteiger partial charge in [-0.1, -0.05) is 48.5 Å². The molecule has 2 atom stereocenters. The molecule has 0 aliphatic carbocycles. The minimum absolute atomic E-state index is 0. The van der Waals surface area contributed by atoms with Gasteiger partial charge in [0, 0.05) is 31.0 Å². The van der Waals surface area contributed by atoms with Gasteiger partial charge in [-0.3, -0.25) is 0 Å². The van der Waals surface area contributed by atoms with E-state index in [0.29, 0.717) is 5.92 Å². The predicted octanol–water partition coefficient (Wildman–Crippen LogP) is 3.82. The Morgan fingerprint density at radius 1 is 1.05 bits per heavy atom. The molecule has 2 aliphatic rings. The van der Waals surface area contributed by atoms with E-state index < -0.39 is 0 Å². The summed E-state index contributed by atoms with van der Waals surface area (Å²) in [7, 11) is 2.20. The maximum atomic E-state index is 6.51. The second-order valence-electron chi connectivity index (χ2n) is 5.96. The number of hydrogen-bond donors (Lipinski definition) is 0. The number of hydrogen-bond acceptors (Lipinski definition) is 2. The summed E-state index contributed by atoms with van der Waals surface area (Å²) in [4.78, 5) is 2.41. The van der Waals surface area contributed by atoms with Crippen LogP contribution in [0.3, 0.4) is 0 Å². The molecule has 2 aliphatic heterocycles. The van der Waals surface area contributed by atoms with E-state index in [2.05, 4.69) is 66.5 Å². The Balaban J connectivity index is 0.00000132. The summed E-state index contributed by atoms with van der Waals surface area (Å²) >= 11 is 0. The van der Waals surface area contributed by atoms with E-state index in [1.165, 1.54) is 11.1 Å². The summed E-state index contributed by atoms with van der Waals surface area (Å²) in [6.45, 7) is 2.14. The van der Waals surface area contributed by atoms with Crippen molar-refractivity contribution in [1.29, 1.82) is 0 Å². The Morgan fingerprint density at radius 2 is 1.76 bits per heavy atom. The molecular weight excluding hydrogens is 282 g/mol. The van der Waals surface area contributed by atoms with Crippen LogP contribution in [-0.4, -0.2) is 25.0 Å². The smallest absolute Gasteiger partial charge is 0.143 e. The molecular formula is C18H20ClNO. The molecule has 2 aromatic rings. The lowest BCUT2D eigenvalue weighted by molar-refractivity contribution is 0.00703. The van der Waals surface area contributed by atoms with Crippen molar-refractivity contribution in [3.63, 3.8) is 0 Å². The van der Waals surface area contributed by atoms with Gasteiger partial charge in [0.05, 0.1) is 0 Å². The molecule has 3 heteroatoms. The van der Waals surface area contributed by atoms with Crippen molar-refractivity contribution in [3.8, 4) is 5.75 Å². The number of piperidine rings is 1. The molecule has 2 aromatic carbocycles. The van der Waals surface area contributed by atoms with Gasteiger partial charge < -0.3 is 9.64 Å². The zero-order valence-corrected chi connectivity index (χ0v) is 13.0. The third-order valence-electron chi connectivity index (χ3n) is 4.77. The van der Waals surface area contributed by atoms with Gasteiger partial charge in [-0.25, -0.2) is 0 Å². The van der Waals surface area contributed by atoms with Crippen LogP contribution in [0.25, 0.3) is 0 Å². The molecule has 110 valence electrons. The Kier molecular flexibility index (Phi) is 3.68. The van der Waals surface area contributed by atoms with Crippen LogP contribution in [0.15, 0.2) is 54.6 Å². The SMILES string of the molecule is CN1CC[C@@]2(c3ccccc3)Oc3ccccc3[C@H]2C1.Cl. The highest BCUT2D eigenvalue weighted by molar-refractivity contribution is 5.85. The largest absolute Gasteiger partial charge is 0.482 e. The van der Waals surface area contributed by atoms with E-state index in [-0.39, 0.29) is 18.0 Å². The minimum Gasteiger partial charge on any atom is -0.482 e. The first-order valence-electron chi connectivity index (χ1n) is 7.32. The molecule has 1 saturated heterocycles. The van der Waals surface area contributed by atoms with Crippen molar-refractivity contribution in [2.24, 2.45) is 0 Å². The normalized spacial score (nSPS) is 27.2. The number of nitrogens with zero attached hydrogens (tertiary/aromatic N) is 1. The Hall–Kier alpha value is -1.51. The summed E-state index contributed by atoms with van der Waals surface area (Å²) < 4.78 is 6.51. The molecule has 0 saturated carbocycles. The Bertz CT molecular complexity index is 630. The van der Waals surface area contributed by atoms with E-state index in [1.807, 2.05) is 0 Å². The van der Waals surface area contributed by atoms with Crippen molar-refractivity contribution >= 4 is 12.4 Å². The third kappa shape index (κ3) is 2.14. The number of para-hydroxylation sites is 1. The molecule has 0 aromatic heterocycles. The number of likely N-dealkylation sites (tertiary alicyclic amines) is 1.